The number of urea groups is 1. The van der Waals surface area contributed by atoms with Gasteiger partial charge in [-0.2, -0.15) is 0 Å². The fraction of sp³-hybridized carbons (Fsp3) is 0.364. The van der Waals surface area contributed by atoms with Crippen molar-refractivity contribution in [1.29, 1.82) is 0 Å². The summed E-state index contributed by atoms with van der Waals surface area (Å²) in [5, 5.41) is 5.85. The van der Waals surface area contributed by atoms with Crippen LogP contribution in [0.1, 0.15) is 30.9 Å². The van der Waals surface area contributed by atoms with Crippen molar-refractivity contribution in [3.63, 3.8) is 0 Å². The average molecular weight is 472 g/mol. The molecule has 8 heteroatoms. The SMILES string of the molecule is O=C(Nc1ccccc1)NC1CCN(C(=O)C2CC(c3ccc(Br)cc3)NN2)CC1. The predicted molar refractivity (Wildman–Crippen MR) is 120 cm³/mol. The van der Waals surface area contributed by atoms with Gasteiger partial charge in [0.2, 0.25) is 5.91 Å². The number of nitrogens with one attached hydrogen (secondary N) is 4. The molecule has 2 saturated heterocycles. The van der Waals surface area contributed by atoms with Gasteiger partial charge in [0, 0.05) is 35.3 Å². The summed E-state index contributed by atoms with van der Waals surface area (Å²) >= 11 is 3.45. The van der Waals surface area contributed by atoms with Crippen molar-refractivity contribution in [2.75, 3.05) is 18.4 Å². The molecule has 3 amide bonds. The van der Waals surface area contributed by atoms with E-state index in [4.69, 9.17) is 0 Å². The van der Waals surface area contributed by atoms with E-state index >= 15 is 0 Å². The fourth-order valence-electron chi connectivity index (χ4n) is 3.97. The molecule has 2 unspecified atom stereocenters. The highest BCUT2D eigenvalue weighted by molar-refractivity contribution is 9.10. The molecule has 2 aliphatic rings. The second-order valence-electron chi connectivity index (χ2n) is 7.75. The van der Waals surface area contributed by atoms with Crippen molar-refractivity contribution in [1.82, 2.24) is 21.1 Å². The first kappa shape index (κ1) is 20.8. The number of hydrogen-bond acceptors (Lipinski definition) is 4. The van der Waals surface area contributed by atoms with E-state index in [0.29, 0.717) is 13.1 Å². The average Bonchev–Trinajstić information content (AvgIpc) is 3.25. The summed E-state index contributed by atoms with van der Waals surface area (Å²) in [5.74, 6) is 0.120. The molecule has 30 heavy (non-hydrogen) atoms. The van der Waals surface area contributed by atoms with Crippen LogP contribution in [0.2, 0.25) is 0 Å². The number of hydrogen-bond donors (Lipinski definition) is 4. The molecule has 2 fully saturated rings. The number of benzene rings is 2. The van der Waals surface area contributed by atoms with Gasteiger partial charge in [-0.25, -0.2) is 15.6 Å². The predicted octanol–water partition coefficient (Wildman–Crippen LogP) is 3.17. The zero-order valence-electron chi connectivity index (χ0n) is 16.6. The Morgan fingerprint density at radius 2 is 1.67 bits per heavy atom. The summed E-state index contributed by atoms with van der Waals surface area (Å²) < 4.78 is 1.04. The number of rotatable bonds is 4. The maximum atomic E-state index is 12.9. The zero-order chi connectivity index (χ0) is 20.9. The highest BCUT2D eigenvalue weighted by atomic mass is 79.9. The van der Waals surface area contributed by atoms with Gasteiger partial charge in [-0.1, -0.05) is 46.3 Å². The molecule has 0 aromatic heterocycles. The molecular weight excluding hydrogens is 446 g/mol. The first-order chi connectivity index (χ1) is 14.6. The Morgan fingerprint density at radius 1 is 0.967 bits per heavy atom. The van der Waals surface area contributed by atoms with Crippen LogP contribution in [0.3, 0.4) is 0 Å². The highest BCUT2D eigenvalue weighted by Gasteiger charge is 2.34. The molecule has 0 spiro atoms. The maximum Gasteiger partial charge on any atom is 0.319 e. The third-order valence-corrected chi connectivity index (χ3v) is 6.18. The molecule has 4 N–H and O–H groups in total. The van der Waals surface area contributed by atoms with Gasteiger partial charge in [0.1, 0.15) is 6.04 Å². The number of hydrazine groups is 1. The largest absolute Gasteiger partial charge is 0.341 e. The molecular formula is C22H26BrN5O2. The lowest BCUT2D eigenvalue weighted by Crippen LogP contribution is -2.52. The third-order valence-electron chi connectivity index (χ3n) is 5.65. The Labute approximate surface area is 184 Å². The molecule has 7 nitrogen and oxygen atoms in total. The van der Waals surface area contributed by atoms with Crippen molar-refractivity contribution in [2.45, 2.75) is 37.4 Å². The first-order valence-electron chi connectivity index (χ1n) is 10.3. The van der Waals surface area contributed by atoms with Gasteiger partial charge in [0.25, 0.3) is 0 Å². The van der Waals surface area contributed by atoms with Crippen molar-refractivity contribution in [3.05, 3.63) is 64.6 Å². The van der Waals surface area contributed by atoms with Crippen LogP contribution in [0.15, 0.2) is 59.1 Å². The van der Waals surface area contributed by atoms with Crippen LogP contribution < -0.4 is 21.5 Å². The molecule has 0 saturated carbocycles. The van der Waals surface area contributed by atoms with E-state index in [-0.39, 0.29) is 30.1 Å². The van der Waals surface area contributed by atoms with E-state index in [1.165, 1.54) is 0 Å². The van der Waals surface area contributed by atoms with Crippen LogP contribution in [-0.4, -0.2) is 42.0 Å². The van der Waals surface area contributed by atoms with Crippen LogP contribution >= 0.6 is 15.9 Å². The third kappa shape index (κ3) is 5.19. The Kier molecular flexibility index (Phi) is 6.66. The van der Waals surface area contributed by atoms with Crippen LogP contribution in [-0.2, 0) is 4.79 Å². The van der Waals surface area contributed by atoms with Crippen molar-refractivity contribution < 1.29 is 9.59 Å². The number of likely N-dealkylation sites (tertiary alicyclic amines) is 1. The van der Waals surface area contributed by atoms with Crippen molar-refractivity contribution in [3.8, 4) is 0 Å². The van der Waals surface area contributed by atoms with Crippen LogP contribution in [0.5, 0.6) is 0 Å². The Hall–Kier alpha value is -2.42. The molecule has 2 aromatic rings. The van der Waals surface area contributed by atoms with Gasteiger partial charge in [0.05, 0.1) is 0 Å². The van der Waals surface area contributed by atoms with E-state index in [0.717, 1.165) is 35.0 Å². The van der Waals surface area contributed by atoms with Gasteiger partial charge in [-0.3, -0.25) is 4.79 Å². The minimum atomic E-state index is -0.232. The molecule has 4 rings (SSSR count). The number of carbonyl (C=O) groups excluding carboxylic acids is 2. The smallest absolute Gasteiger partial charge is 0.319 e. The van der Waals surface area contributed by atoms with Gasteiger partial charge in [-0.05, 0) is 49.1 Å². The molecule has 0 radical (unpaired) electrons. The van der Waals surface area contributed by atoms with Crippen LogP contribution in [0, 0.1) is 0 Å². The van der Waals surface area contributed by atoms with Crippen LogP contribution in [0.25, 0.3) is 0 Å². The summed E-state index contributed by atoms with van der Waals surface area (Å²) in [6.45, 7) is 1.30. The molecule has 2 aromatic carbocycles. The lowest BCUT2D eigenvalue weighted by molar-refractivity contribution is -0.134. The molecule has 0 bridgehead atoms. The Balaban J connectivity index is 1.22. The highest BCUT2D eigenvalue weighted by Crippen LogP contribution is 2.25. The van der Waals surface area contributed by atoms with Gasteiger partial charge in [-0.15, -0.1) is 0 Å². The minimum Gasteiger partial charge on any atom is -0.341 e. The normalized spacial score (nSPS) is 22.0. The maximum absolute atomic E-state index is 12.9. The number of para-hydroxylation sites is 1. The second kappa shape index (κ2) is 9.59. The van der Waals surface area contributed by atoms with Gasteiger partial charge in [0.15, 0.2) is 0 Å². The summed E-state index contributed by atoms with van der Waals surface area (Å²) in [5.41, 5.74) is 8.32. The van der Waals surface area contributed by atoms with Gasteiger partial charge < -0.3 is 15.5 Å². The molecule has 2 aliphatic heterocycles. The number of amides is 3. The lowest BCUT2D eigenvalue weighted by Gasteiger charge is -2.33. The number of carbonyl (C=O) groups is 2. The molecule has 2 atom stereocenters. The standard InChI is InChI=1S/C22H26BrN5O2/c23-16-8-6-15(7-9-16)19-14-20(27-26-19)21(29)28-12-10-18(11-13-28)25-22(30)24-17-4-2-1-3-5-17/h1-9,18-20,26-27H,10-14H2,(H2,24,25,30). The molecule has 158 valence electrons. The summed E-state index contributed by atoms with van der Waals surface area (Å²) in [4.78, 5) is 27.0. The number of piperidine rings is 1. The molecule has 0 aliphatic carbocycles. The Bertz CT molecular complexity index is 869. The second-order valence-corrected chi connectivity index (χ2v) is 8.66. The van der Waals surface area contributed by atoms with E-state index in [1.54, 1.807) is 0 Å². The first-order valence-corrected chi connectivity index (χ1v) is 11.1. The fourth-order valence-corrected chi connectivity index (χ4v) is 4.23. The lowest BCUT2D eigenvalue weighted by atomic mass is 10.00. The Morgan fingerprint density at radius 3 is 2.37 bits per heavy atom. The van der Waals surface area contributed by atoms with E-state index < -0.39 is 0 Å². The summed E-state index contributed by atoms with van der Waals surface area (Å²) in [6, 6.07) is 17.3. The number of halogens is 1. The van der Waals surface area contributed by atoms with E-state index in [9.17, 15) is 9.59 Å². The summed E-state index contributed by atoms with van der Waals surface area (Å²) in [7, 11) is 0. The number of anilines is 1. The summed E-state index contributed by atoms with van der Waals surface area (Å²) in [6.07, 6.45) is 2.23. The molecule has 2 heterocycles. The van der Waals surface area contributed by atoms with Crippen LogP contribution in [0.4, 0.5) is 10.5 Å². The van der Waals surface area contributed by atoms with Crippen molar-refractivity contribution in [2.24, 2.45) is 0 Å². The van der Waals surface area contributed by atoms with E-state index in [2.05, 4.69) is 49.5 Å². The monoisotopic (exact) mass is 471 g/mol. The topological polar surface area (TPSA) is 85.5 Å². The quantitative estimate of drug-likeness (QED) is 0.551. The van der Waals surface area contributed by atoms with Crippen molar-refractivity contribution >= 4 is 33.6 Å². The zero-order valence-corrected chi connectivity index (χ0v) is 18.2. The van der Waals surface area contributed by atoms with Gasteiger partial charge >= 0.3 is 6.03 Å². The minimum absolute atomic E-state index is 0.0722. The van der Waals surface area contributed by atoms with E-state index in [1.807, 2.05) is 47.4 Å². The number of nitrogens with zero attached hydrogens (tertiary/aromatic N) is 1.